The summed E-state index contributed by atoms with van der Waals surface area (Å²) in [5.74, 6) is -0.830. The van der Waals surface area contributed by atoms with Gasteiger partial charge >= 0.3 is 5.97 Å². The van der Waals surface area contributed by atoms with Gasteiger partial charge in [0.25, 0.3) is 5.91 Å². The Hall–Kier alpha value is -2.84. The van der Waals surface area contributed by atoms with Crippen molar-refractivity contribution in [2.45, 2.75) is 19.4 Å². The maximum absolute atomic E-state index is 12.7. The predicted octanol–water partition coefficient (Wildman–Crippen LogP) is 4.16. The van der Waals surface area contributed by atoms with E-state index in [1.54, 1.807) is 31.2 Å². The first kappa shape index (κ1) is 19.9. The van der Waals surface area contributed by atoms with Gasteiger partial charge in [0.2, 0.25) is 0 Å². The van der Waals surface area contributed by atoms with E-state index in [1.807, 2.05) is 36.4 Å². The zero-order chi connectivity index (χ0) is 20.1. The number of amides is 1. The molecule has 28 heavy (non-hydrogen) atoms. The molecule has 0 aromatic heterocycles. The van der Waals surface area contributed by atoms with Crippen LogP contribution in [0.25, 0.3) is 6.08 Å². The number of hydrogen-bond acceptors (Lipinski definition) is 6. The fourth-order valence-electron chi connectivity index (χ4n) is 2.51. The van der Waals surface area contributed by atoms with Crippen LogP contribution in [0.3, 0.4) is 0 Å². The van der Waals surface area contributed by atoms with E-state index in [9.17, 15) is 9.59 Å². The highest BCUT2D eigenvalue weighted by Gasteiger charge is 2.32. The number of carbonyl (C=O) groups excluding carboxylic acids is 1. The number of benzene rings is 2. The number of thiocarbonyl (C=S) groups is 1. The maximum atomic E-state index is 12.7. The summed E-state index contributed by atoms with van der Waals surface area (Å²) in [6.45, 7) is 1.74. The van der Waals surface area contributed by atoms with Crippen molar-refractivity contribution in [2.75, 3.05) is 5.43 Å². The second-order valence-electron chi connectivity index (χ2n) is 5.92. The van der Waals surface area contributed by atoms with Crippen LogP contribution in [0.1, 0.15) is 18.9 Å². The number of anilines is 1. The normalized spacial score (nSPS) is 16.3. The van der Waals surface area contributed by atoms with Gasteiger partial charge in [-0.1, -0.05) is 49.0 Å². The van der Waals surface area contributed by atoms with E-state index in [2.05, 4.69) is 5.43 Å². The Bertz CT molecular complexity index is 931. The van der Waals surface area contributed by atoms with Crippen LogP contribution in [0, 0.1) is 0 Å². The molecule has 0 bridgehead atoms. The first-order valence-electron chi connectivity index (χ1n) is 8.57. The molecule has 2 N–H and O–H groups in total. The van der Waals surface area contributed by atoms with Crippen LogP contribution in [0.4, 0.5) is 5.69 Å². The van der Waals surface area contributed by atoms with Gasteiger partial charge in [0.15, 0.2) is 10.4 Å². The molecular weight excluding hydrogens is 396 g/mol. The van der Waals surface area contributed by atoms with Crippen LogP contribution in [0.15, 0.2) is 59.5 Å². The number of carboxylic acids is 1. The smallest absolute Gasteiger partial charge is 0.344 e. The van der Waals surface area contributed by atoms with Gasteiger partial charge in [-0.2, -0.15) is 0 Å². The third kappa shape index (κ3) is 4.71. The Kier molecular flexibility index (Phi) is 6.33. The minimum atomic E-state index is -1.01. The number of para-hydroxylation sites is 1. The largest absolute Gasteiger partial charge is 0.479 e. The third-order valence-corrected chi connectivity index (χ3v) is 5.19. The van der Waals surface area contributed by atoms with Crippen molar-refractivity contribution in [1.29, 1.82) is 0 Å². The van der Waals surface area contributed by atoms with Crippen molar-refractivity contribution >= 4 is 51.9 Å². The van der Waals surface area contributed by atoms with Gasteiger partial charge in [-0.25, -0.2) is 9.80 Å². The number of ether oxygens (including phenoxy) is 1. The summed E-state index contributed by atoms with van der Waals surface area (Å²) in [5, 5.41) is 10.5. The van der Waals surface area contributed by atoms with Crippen LogP contribution in [0.2, 0.25) is 0 Å². The van der Waals surface area contributed by atoms with Crippen LogP contribution in [0.5, 0.6) is 5.75 Å². The molecule has 1 fully saturated rings. The second-order valence-corrected chi connectivity index (χ2v) is 7.60. The number of nitrogens with zero attached hydrogens (tertiary/aromatic N) is 1. The molecule has 2 aromatic rings. The molecule has 0 spiro atoms. The molecule has 1 atom stereocenters. The van der Waals surface area contributed by atoms with E-state index in [0.29, 0.717) is 21.4 Å². The van der Waals surface area contributed by atoms with Crippen LogP contribution in [-0.4, -0.2) is 32.4 Å². The molecule has 2 aromatic carbocycles. The number of carboxylic acid groups (broad SMARTS) is 1. The average Bonchev–Trinajstić information content (AvgIpc) is 2.94. The SMILES string of the molecule is CCC(Oc1cccc(/C=C2/SC(=S)N(Nc3ccccc3)C2=O)c1)C(=O)O. The van der Waals surface area contributed by atoms with Crippen molar-refractivity contribution < 1.29 is 19.4 Å². The molecular formula is C20H18N2O4S2. The summed E-state index contributed by atoms with van der Waals surface area (Å²) in [5.41, 5.74) is 4.48. The lowest BCUT2D eigenvalue weighted by atomic mass is 10.2. The second kappa shape index (κ2) is 8.90. The number of carbonyl (C=O) groups is 2. The highest BCUT2D eigenvalue weighted by atomic mass is 32.2. The van der Waals surface area contributed by atoms with Crippen LogP contribution in [-0.2, 0) is 9.59 Å². The van der Waals surface area contributed by atoms with Gasteiger partial charge in [0, 0.05) is 0 Å². The zero-order valence-corrected chi connectivity index (χ0v) is 16.6. The molecule has 1 heterocycles. The zero-order valence-electron chi connectivity index (χ0n) is 15.0. The molecule has 1 aliphatic heterocycles. The highest BCUT2D eigenvalue weighted by molar-refractivity contribution is 8.26. The van der Waals surface area contributed by atoms with E-state index in [4.69, 9.17) is 22.1 Å². The first-order chi connectivity index (χ1) is 13.5. The molecule has 1 aliphatic rings. The molecule has 144 valence electrons. The average molecular weight is 415 g/mol. The van der Waals surface area contributed by atoms with E-state index in [-0.39, 0.29) is 5.91 Å². The highest BCUT2D eigenvalue weighted by Crippen LogP contribution is 2.33. The Morgan fingerprint density at radius 3 is 2.71 bits per heavy atom. The minimum Gasteiger partial charge on any atom is -0.479 e. The number of aliphatic carboxylic acids is 1. The standard InChI is InChI=1S/C20H18N2O4S2/c1-2-16(19(24)25)26-15-10-6-7-13(11-15)12-17-18(23)22(20(27)28-17)21-14-8-4-3-5-9-14/h3-12,16,21H,2H2,1H3,(H,24,25)/b17-12+. The van der Waals surface area contributed by atoms with Gasteiger partial charge in [0.1, 0.15) is 5.75 Å². The lowest BCUT2D eigenvalue weighted by Gasteiger charge is -2.16. The van der Waals surface area contributed by atoms with Crippen molar-refractivity contribution in [3.05, 3.63) is 65.1 Å². The van der Waals surface area contributed by atoms with Gasteiger partial charge in [-0.15, -0.1) is 0 Å². The number of hydrazine groups is 1. The number of nitrogens with one attached hydrogen (secondary N) is 1. The van der Waals surface area contributed by atoms with Gasteiger partial charge in [-0.3, -0.25) is 10.2 Å². The van der Waals surface area contributed by atoms with E-state index in [1.165, 1.54) is 16.8 Å². The van der Waals surface area contributed by atoms with E-state index < -0.39 is 12.1 Å². The lowest BCUT2D eigenvalue weighted by molar-refractivity contribution is -0.145. The summed E-state index contributed by atoms with van der Waals surface area (Å²) in [6, 6.07) is 16.2. The van der Waals surface area contributed by atoms with Crippen LogP contribution >= 0.6 is 24.0 Å². The molecule has 0 saturated carbocycles. The molecule has 0 aliphatic carbocycles. The monoisotopic (exact) mass is 414 g/mol. The van der Waals surface area contributed by atoms with Gasteiger partial charge < -0.3 is 9.84 Å². The van der Waals surface area contributed by atoms with Crippen molar-refractivity contribution in [2.24, 2.45) is 0 Å². The number of hydrogen-bond donors (Lipinski definition) is 2. The van der Waals surface area contributed by atoms with E-state index >= 15 is 0 Å². The molecule has 1 amide bonds. The Morgan fingerprint density at radius 1 is 1.29 bits per heavy atom. The molecule has 3 rings (SSSR count). The summed E-state index contributed by atoms with van der Waals surface area (Å²) in [6.07, 6.45) is 1.15. The molecule has 1 unspecified atom stereocenters. The van der Waals surface area contributed by atoms with Crippen molar-refractivity contribution in [3.8, 4) is 5.75 Å². The van der Waals surface area contributed by atoms with Gasteiger partial charge in [0.05, 0.1) is 10.6 Å². The fourth-order valence-corrected chi connectivity index (χ4v) is 3.69. The fraction of sp³-hybridized carbons (Fsp3) is 0.150. The van der Waals surface area contributed by atoms with Gasteiger partial charge in [-0.05, 0) is 54.5 Å². The topological polar surface area (TPSA) is 78.9 Å². The molecule has 1 saturated heterocycles. The van der Waals surface area contributed by atoms with Crippen molar-refractivity contribution in [3.63, 3.8) is 0 Å². The van der Waals surface area contributed by atoms with E-state index in [0.717, 1.165) is 11.3 Å². The lowest BCUT2D eigenvalue weighted by Crippen LogP contribution is -2.33. The Balaban J connectivity index is 1.76. The first-order valence-corrected chi connectivity index (χ1v) is 9.79. The molecule has 6 nitrogen and oxygen atoms in total. The minimum absolute atomic E-state index is 0.248. The summed E-state index contributed by atoms with van der Waals surface area (Å²) in [7, 11) is 0. The quantitative estimate of drug-likeness (QED) is 0.520. The van der Waals surface area contributed by atoms with Crippen molar-refractivity contribution in [1.82, 2.24) is 5.01 Å². The molecule has 0 radical (unpaired) electrons. The summed E-state index contributed by atoms with van der Waals surface area (Å²) >= 11 is 6.51. The summed E-state index contributed by atoms with van der Waals surface area (Å²) < 4.78 is 5.92. The number of rotatable bonds is 7. The third-order valence-electron chi connectivity index (χ3n) is 3.89. The van der Waals surface area contributed by atoms with Crippen LogP contribution < -0.4 is 10.2 Å². The Morgan fingerprint density at radius 2 is 2.04 bits per heavy atom. The number of thioether (sulfide) groups is 1. The summed E-state index contributed by atoms with van der Waals surface area (Å²) in [4.78, 5) is 24.3. The Labute approximate surface area is 172 Å². The predicted molar refractivity (Wildman–Crippen MR) is 114 cm³/mol. The maximum Gasteiger partial charge on any atom is 0.344 e. The molecule has 8 heteroatoms.